The van der Waals surface area contributed by atoms with Gasteiger partial charge >= 0.3 is 0 Å². The smallest absolute Gasteiger partial charge is 0.173 e. The Kier molecular flexibility index (Phi) is 2.44. The molecule has 4 nitrogen and oxygen atoms in total. The Bertz CT molecular complexity index is 380. The molecule has 80 valence electrons. The van der Waals surface area contributed by atoms with Gasteiger partial charge < -0.3 is 11.5 Å². The molecule has 4 N–H and O–H groups in total. The minimum absolute atomic E-state index is 0.0573. The maximum absolute atomic E-state index is 12.2. The van der Waals surface area contributed by atoms with E-state index in [1.54, 1.807) is 18.3 Å². The van der Waals surface area contributed by atoms with Gasteiger partial charge in [0.1, 0.15) is 5.82 Å². The summed E-state index contributed by atoms with van der Waals surface area (Å²) in [6.07, 6.45) is 4.40. The number of pyridine rings is 1. The third kappa shape index (κ3) is 1.51. The van der Waals surface area contributed by atoms with Crippen molar-refractivity contribution in [1.29, 1.82) is 0 Å². The fraction of sp³-hybridized carbons (Fsp3) is 0.455. The highest BCUT2D eigenvalue weighted by Crippen LogP contribution is 2.43. The Morgan fingerprint density at radius 2 is 2.27 bits per heavy atom. The monoisotopic (exact) mass is 205 g/mol. The van der Waals surface area contributed by atoms with Gasteiger partial charge in [-0.05, 0) is 25.0 Å². The first-order valence-electron chi connectivity index (χ1n) is 5.15. The van der Waals surface area contributed by atoms with E-state index in [9.17, 15) is 4.79 Å². The number of rotatable bonds is 3. The molecule has 1 heterocycles. The summed E-state index contributed by atoms with van der Waals surface area (Å²) in [5.74, 6) is 0.365. The number of hydrogen-bond donors (Lipinski definition) is 2. The topological polar surface area (TPSA) is 82.0 Å². The Morgan fingerprint density at radius 1 is 1.53 bits per heavy atom. The van der Waals surface area contributed by atoms with Crippen molar-refractivity contribution in [3.63, 3.8) is 0 Å². The molecule has 2 rings (SSSR count). The molecule has 0 radical (unpaired) electrons. The third-order valence-electron chi connectivity index (χ3n) is 3.27. The van der Waals surface area contributed by atoms with Crippen LogP contribution in [-0.4, -0.2) is 17.3 Å². The number of Topliss-reactive ketones (excluding diaryl/α,β-unsaturated/α-hetero) is 1. The van der Waals surface area contributed by atoms with E-state index in [0.717, 1.165) is 19.3 Å². The Hall–Kier alpha value is -1.42. The summed E-state index contributed by atoms with van der Waals surface area (Å²) in [6, 6.07) is 3.45. The third-order valence-corrected chi connectivity index (χ3v) is 3.27. The summed E-state index contributed by atoms with van der Waals surface area (Å²) in [4.78, 5) is 16.1. The van der Waals surface area contributed by atoms with Crippen LogP contribution in [0.4, 0.5) is 5.82 Å². The summed E-state index contributed by atoms with van der Waals surface area (Å²) >= 11 is 0. The van der Waals surface area contributed by atoms with Crippen molar-refractivity contribution < 1.29 is 4.79 Å². The zero-order valence-corrected chi connectivity index (χ0v) is 8.57. The summed E-state index contributed by atoms with van der Waals surface area (Å²) < 4.78 is 0. The van der Waals surface area contributed by atoms with Crippen LogP contribution < -0.4 is 11.5 Å². The van der Waals surface area contributed by atoms with E-state index >= 15 is 0 Å². The van der Waals surface area contributed by atoms with Gasteiger partial charge in [-0.15, -0.1) is 0 Å². The Labute approximate surface area is 88.7 Å². The van der Waals surface area contributed by atoms with Crippen molar-refractivity contribution in [2.45, 2.75) is 19.3 Å². The second-order valence-corrected chi connectivity index (χ2v) is 4.10. The average molecular weight is 205 g/mol. The van der Waals surface area contributed by atoms with Gasteiger partial charge in [0.2, 0.25) is 0 Å². The fourth-order valence-corrected chi connectivity index (χ4v) is 2.02. The van der Waals surface area contributed by atoms with Crippen molar-refractivity contribution in [3.8, 4) is 0 Å². The highest BCUT2D eigenvalue weighted by Gasteiger charge is 2.43. The first-order chi connectivity index (χ1) is 7.19. The van der Waals surface area contributed by atoms with Crippen molar-refractivity contribution >= 4 is 11.6 Å². The van der Waals surface area contributed by atoms with Crippen LogP contribution in [-0.2, 0) is 0 Å². The largest absolute Gasteiger partial charge is 0.383 e. The van der Waals surface area contributed by atoms with Crippen LogP contribution in [0.3, 0.4) is 0 Å². The van der Waals surface area contributed by atoms with E-state index in [2.05, 4.69) is 4.98 Å². The lowest BCUT2D eigenvalue weighted by atomic mass is 9.64. The molecule has 0 spiro atoms. The van der Waals surface area contributed by atoms with Crippen LogP contribution >= 0.6 is 0 Å². The SMILES string of the molecule is NCC1(C(=O)c2cccnc2N)CCC1. The molecule has 1 saturated carbocycles. The molecule has 0 bridgehead atoms. The van der Waals surface area contributed by atoms with Gasteiger partial charge in [-0.1, -0.05) is 6.42 Å². The van der Waals surface area contributed by atoms with Crippen molar-refractivity contribution in [2.75, 3.05) is 12.3 Å². The summed E-state index contributed by atoms with van der Waals surface area (Å²) in [6.45, 7) is 0.403. The second-order valence-electron chi connectivity index (χ2n) is 4.10. The lowest BCUT2D eigenvalue weighted by molar-refractivity contribution is 0.0636. The molecule has 1 aliphatic rings. The number of nitrogens with zero attached hydrogens (tertiary/aromatic N) is 1. The quantitative estimate of drug-likeness (QED) is 0.720. The van der Waals surface area contributed by atoms with Crippen LogP contribution in [0.15, 0.2) is 18.3 Å². The number of nitrogens with two attached hydrogens (primary N) is 2. The molecule has 15 heavy (non-hydrogen) atoms. The first kappa shape index (κ1) is 10.1. The van der Waals surface area contributed by atoms with Gasteiger partial charge in [0.05, 0.1) is 5.56 Å². The van der Waals surface area contributed by atoms with E-state index < -0.39 is 0 Å². The van der Waals surface area contributed by atoms with Gasteiger partial charge in [0, 0.05) is 18.2 Å². The van der Waals surface area contributed by atoms with Crippen molar-refractivity contribution in [2.24, 2.45) is 11.1 Å². The molecule has 0 amide bonds. The number of carbonyl (C=O) groups is 1. The second kappa shape index (κ2) is 3.62. The summed E-state index contributed by atoms with van der Waals surface area (Å²) in [5, 5.41) is 0. The zero-order chi connectivity index (χ0) is 10.9. The Morgan fingerprint density at radius 3 is 2.73 bits per heavy atom. The van der Waals surface area contributed by atoms with Crippen LogP contribution in [0.1, 0.15) is 29.6 Å². The van der Waals surface area contributed by atoms with Crippen LogP contribution in [0.25, 0.3) is 0 Å². The van der Waals surface area contributed by atoms with Crippen molar-refractivity contribution in [3.05, 3.63) is 23.9 Å². The fourth-order valence-electron chi connectivity index (χ4n) is 2.02. The standard InChI is InChI=1S/C11H15N3O/c12-7-11(4-2-5-11)9(15)8-3-1-6-14-10(8)13/h1,3,6H,2,4-5,7,12H2,(H2,13,14). The van der Waals surface area contributed by atoms with Gasteiger partial charge in [-0.25, -0.2) is 4.98 Å². The van der Waals surface area contributed by atoms with Gasteiger partial charge in [-0.2, -0.15) is 0 Å². The number of nitrogen functional groups attached to an aromatic ring is 1. The number of ketones is 1. The van der Waals surface area contributed by atoms with Crippen LogP contribution in [0.2, 0.25) is 0 Å². The normalized spacial score (nSPS) is 18.2. The van der Waals surface area contributed by atoms with Gasteiger partial charge in [-0.3, -0.25) is 4.79 Å². The average Bonchev–Trinajstić information content (AvgIpc) is 2.17. The lowest BCUT2D eigenvalue weighted by Gasteiger charge is -2.39. The molecule has 0 atom stereocenters. The van der Waals surface area contributed by atoms with Gasteiger partial charge in [0.25, 0.3) is 0 Å². The van der Waals surface area contributed by atoms with E-state index in [1.807, 2.05) is 0 Å². The molecule has 0 aliphatic heterocycles. The molecular weight excluding hydrogens is 190 g/mol. The molecule has 4 heteroatoms. The van der Waals surface area contributed by atoms with E-state index in [4.69, 9.17) is 11.5 Å². The number of aromatic nitrogens is 1. The molecule has 1 fully saturated rings. The minimum Gasteiger partial charge on any atom is -0.383 e. The number of carbonyl (C=O) groups excluding carboxylic acids is 1. The molecule has 1 aromatic heterocycles. The maximum Gasteiger partial charge on any atom is 0.173 e. The van der Waals surface area contributed by atoms with Crippen molar-refractivity contribution in [1.82, 2.24) is 4.98 Å². The molecule has 1 aromatic rings. The van der Waals surface area contributed by atoms with Crippen LogP contribution in [0.5, 0.6) is 0 Å². The summed E-state index contributed by atoms with van der Waals surface area (Å²) in [7, 11) is 0. The molecule has 0 aromatic carbocycles. The molecular formula is C11H15N3O. The zero-order valence-electron chi connectivity index (χ0n) is 8.57. The summed E-state index contributed by atoms with van der Waals surface area (Å²) in [5.41, 5.74) is 11.5. The lowest BCUT2D eigenvalue weighted by Crippen LogP contribution is -2.44. The predicted octanol–water partition coefficient (Wildman–Crippen LogP) is 0.975. The molecule has 0 saturated heterocycles. The Balaban J connectivity index is 2.32. The van der Waals surface area contributed by atoms with E-state index in [1.165, 1.54) is 0 Å². The first-order valence-corrected chi connectivity index (χ1v) is 5.15. The minimum atomic E-state index is -0.364. The number of anilines is 1. The van der Waals surface area contributed by atoms with E-state index in [-0.39, 0.29) is 11.2 Å². The highest BCUT2D eigenvalue weighted by atomic mass is 16.1. The van der Waals surface area contributed by atoms with Crippen LogP contribution in [0, 0.1) is 5.41 Å². The maximum atomic E-state index is 12.2. The van der Waals surface area contributed by atoms with Gasteiger partial charge in [0.15, 0.2) is 5.78 Å². The highest BCUT2D eigenvalue weighted by molar-refractivity contribution is 6.04. The molecule has 1 aliphatic carbocycles. The predicted molar refractivity (Wildman–Crippen MR) is 58.3 cm³/mol. The van der Waals surface area contributed by atoms with E-state index in [0.29, 0.717) is 17.9 Å². The number of hydrogen-bond acceptors (Lipinski definition) is 4. The molecule has 0 unspecified atom stereocenters.